The molecule has 9 nitrogen and oxygen atoms in total. The molecule has 1 rings (SSSR count). The number of hydrogen-bond donors (Lipinski definition) is 6. The van der Waals surface area contributed by atoms with E-state index in [2.05, 4.69) is 67.8 Å². The van der Waals surface area contributed by atoms with Crippen LogP contribution in [0.25, 0.3) is 0 Å². The molecule has 0 radical (unpaired) electrons. The topological polar surface area (TPSA) is 149 Å². The van der Waals surface area contributed by atoms with E-state index >= 15 is 0 Å². The maximum Gasteiger partial charge on any atom is 0.220 e. The van der Waals surface area contributed by atoms with Crippen molar-refractivity contribution >= 4 is 5.91 Å². The second-order valence-electron chi connectivity index (χ2n) is 20.1. The summed E-state index contributed by atoms with van der Waals surface area (Å²) in [5.41, 5.74) is 0. The lowest BCUT2D eigenvalue weighted by Gasteiger charge is -2.40. The first-order valence-corrected chi connectivity index (χ1v) is 29.0. The lowest BCUT2D eigenvalue weighted by Crippen LogP contribution is -2.60. The Morgan fingerprint density at radius 3 is 1.30 bits per heavy atom. The number of hydrogen-bond acceptors (Lipinski definition) is 8. The fourth-order valence-electron chi connectivity index (χ4n) is 8.93. The van der Waals surface area contributed by atoms with Crippen molar-refractivity contribution in [3.63, 3.8) is 0 Å². The van der Waals surface area contributed by atoms with Crippen molar-refractivity contribution in [2.24, 2.45) is 0 Å². The quantitative estimate of drug-likeness (QED) is 0.0261. The van der Waals surface area contributed by atoms with Crippen LogP contribution < -0.4 is 5.32 Å². The minimum Gasteiger partial charge on any atom is -0.394 e. The molecule has 0 bridgehead atoms. The molecule has 6 N–H and O–H groups in total. The van der Waals surface area contributed by atoms with E-state index in [0.29, 0.717) is 6.42 Å². The Hall–Kier alpha value is -2.11. The van der Waals surface area contributed by atoms with E-state index in [1.807, 2.05) is 6.08 Å². The number of aliphatic hydroxyl groups is 5. The molecule has 1 amide bonds. The number of allylic oxidation sites excluding steroid dienone is 9. The SMILES string of the molecule is CCCCCCCCCCC/C=C\C/C=C\CCCCCCCCCCCCCC(=O)NC(COC1OC(CO)C(O)C(O)C1O)C(O)/C=C/CC/C=C/CC/C=C/CCCCCCCCCCC. The summed E-state index contributed by atoms with van der Waals surface area (Å²) in [5, 5.41) is 54.5. The van der Waals surface area contributed by atoms with E-state index in [0.717, 1.165) is 51.4 Å². The van der Waals surface area contributed by atoms with Gasteiger partial charge >= 0.3 is 0 Å². The summed E-state index contributed by atoms with van der Waals surface area (Å²) in [6.07, 6.45) is 60.0. The Labute approximate surface area is 424 Å². The summed E-state index contributed by atoms with van der Waals surface area (Å²) >= 11 is 0. The molecule has 0 aromatic carbocycles. The average Bonchev–Trinajstić information content (AvgIpc) is 3.35. The van der Waals surface area contributed by atoms with Crippen LogP contribution in [0.1, 0.15) is 258 Å². The molecule has 0 aromatic heterocycles. The van der Waals surface area contributed by atoms with Crippen LogP contribution in [-0.4, -0.2) is 87.5 Å². The highest BCUT2D eigenvalue weighted by atomic mass is 16.7. The monoisotopic (exact) mass is 972 g/mol. The summed E-state index contributed by atoms with van der Waals surface area (Å²) in [7, 11) is 0. The van der Waals surface area contributed by atoms with Crippen LogP contribution in [0.4, 0.5) is 0 Å². The number of amides is 1. The Bertz CT molecular complexity index is 1270. The number of carbonyl (C=O) groups excluding carboxylic acids is 1. The normalized spacial score (nSPS) is 19.9. The summed E-state index contributed by atoms with van der Waals surface area (Å²) in [4.78, 5) is 13.1. The molecule has 1 aliphatic heterocycles. The fourth-order valence-corrected chi connectivity index (χ4v) is 8.93. The van der Waals surface area contributed by atoms with Crippen molar-refractivity contribution < 1.29 is 39.8 Å². The van der Waals surface area contributed by atoms with Gasteiger partial charge in [-0.3, -0.25) is 4.79 Å². The molecular formula is C60H109NO8. The van der Waals surface area contributed by atoms with Gasteiger partial charge in [-0.1, -0.05) is 235 Å². The number of nitrogens with one attached hydrogen (secondary N) is 1. The van der Waals surface area contributed by atoms with Crippen molar-refractivity contribution in [2.75, 3.05) is 13.2 Å². The highest BCUT2D eigenvalue weighted by Crippen LogP contribution is 2.23. The number of carbonyl (C=O) groups is 1. The molecule has 7 unspecified atom stereocenters. The van der Waals surface area contributed by atoms with Crippen LogP contribution in [0, 0.1) is 0 Å². The summed E-state index contributed by atoms with van der Waals surface area (Å²) in [6, 6.07) is -0.832. The van der Waals surface area contributed by atoms with Gasteiger partial charge in [0.25, 0.3) is 0 Å². The Balaban J connectivity index is 2.25. The van der Waals surface area contributed by atoms with Gasteiger partial charge < -0.3 is 40.3 Å². The van der Waals surface area contributed by atoms with Crippen molar-refractivity contribution in [1.29, 1.82) is 0 Å². The molecule has 1 aliphatic rings. The van der Waals surface area contributed by atoms with E-state index in [4.69, 9.17) is 9.47 Å². The van der Waals surface area contributed by atoms with Gasteiger partial charge in [-0.2, -0.15) is 0 Å². The second kappa shape index (κ2) is 49.5. The molecule has 1 saturated heterocycles. The zero-order chi connectivity index (χ0) is 50.1. The molecule has 7 atom stereocenters. The Kier molecular flexibility index (Phi) is 46.5. The maximum absolute atomic E-state index is 13.1. The number of aliphatic hydroxyl groups excluding tert-OH is 5. The summed E-state index contributed by atoms with van der Waals surface area (Å²) in [6.45, 7) is 3.77. The molecule has 0 saturated carbocycles. The van der Waals surface area contributed by atoms with Crippen LogP contribution in [0.5, 0.6) is 0 Å². The maximum atomic E-state index is 13.1. The molecule has 1 fully saturated rings. The zero-order valence-corrected chi connectivity index (χ0v) is 44.6. The predicted octanol–water partition coefficient (Wildman–Crippen LogP) is 14.3. The van der Waals surface area contributed by atoms with Crippen molar-refractivity contribution in [2.45, 2.75) is 301 Å². The highest BCUT2D eigenvalue weighted by Gasteiger charge is 2.44. The zero-order valence-electron chi connectivity index (χ0n) is 44.6. The summed E-state index contributed by atoms with van der Waals surface area (Å²) in [5.74, 6) is -0.193. The van der Waals surface area contributed by atoms with Crippen LogP contribution >= 0.6 is 0 Å². The van der Waals surface area contributed by atoms with Gasteiger partial charge in [-0.25, -0.2) is 0 Å². The molecule has 0 aliphatic carbocycles. The second-order valence-corrected chi connectivity index (χ2v) is 20.1. The third-order valence-corrected chi connectivity index (χ3v) is 13.5. The standard InChI is InChI=1S/C60H109NO8/c1-3-5-7-9-11-13-15-17-19-21-23-24-25-26-27-28-29-30-32-34-36-38-40-42-44-46-48-50-56(64)61-53(52-68-60-59(67)58(66)57(65)55(51-62)69-60)54(63)49-47-45-43-41-39-37-35-33-31-22-20-18-16-14-12-10-8-6-4-2/h23-24,26-27,31,33,39,41,47,49,53-55,57-60,62-63,65-67H,3-22,25,28-30,32,34-38,40,42-46,48,50-52H2,1-2H3,(H,61,64)/b24-23-,27-26-,33-31+,41-39+,49-47+. The van der Waals surface area contributed by atoms with E-state index in [1.54, 1.807) is 6.08 Å². The minimum absolute atomic E-state index is 0.193. The number of rotatable bonds is 49. The number of unbranched alkanes of at least 4 members (excludes halogenated alkanes) is 31. The van der Waals surface area contributed by atoms with Gasteiger partial charge in [0.15, 0.2) is 6.29 Å². The smallest absolute Gasteiger partial charge is 0.220 e. The van der Waals surface area contributed by atoms with Crippen molar-refractivity contribution in [3.8, 4) is 0 Å². The lowest BCUT2D eigenvalue weighted by molar-refractivity contribution is -0.302. The molecule has 9 heteroatoms. The van der Waals surface area contributed by atoms with E-state index in [1.165, 1.54) is 186 Å². The molecule has 1 heterocycles. The van der Waals surface area contributed by atoms with Crippen molar-refractivity contribution in [1.82, 2.24) is 5.32 Å². The van der Waals surface area contributed by atoms with Crippen LogP contribution in [0.15, 0.2) is 60.8 Å². The molecular weight excluding hydrogens is 863 g/mol. The molecule has 69 heavy (non-hydrogen) atoms. The fraction of sp³-hybridized carbons (Fsp3) is 0.817. The molecule has 0 aromatic rings. The first-order valence-electron chi connectivity index (χ1n) is 29.0. The highest BCUT2D eigenvalue weighted by molar-refractivity contribution is 5.76. The average molecular weight is 973 g/mol. The largest absolute Gasteiger partial charge is 0.394 e. The Morgan fingerprint density at radius 2 is 0.870 bits per heavy atom. The van der Waals surface area contributed by atoms with Gasteiger partial charge in [0, 0.05) is 6.42 Å². The van der Waals surface area contributed by atoms with Crippen LogP contribution in [-0.2, 0) is 14.3 Å². The predicted molar refractivity (Wildman–Crippen MR) is 290 cm³/mol. The van der Waals surface area contributed by atoms with E-state index < -0.39 is 49.5 Å². The van der Waals surface area contributed by atoms with Gasteiger partial charge in [-0.15, -0.1) is 0 Å². The molecule has 402 valence electrons. The summed E-state index contributed by atoms with van der Waals surface area (Å²) < 4.78 is 11.2. The third kappa shape index (κ3) is 39.1. The first-order chi connectivity index (χ1) is 33.8. The van der Waals surface area contributed by atoms with Crippen LogP contribution in [0.2, 0.25) is 0 Å². The van der Waals surface area contributed by atoms with E-state index in [-0.39, 0.29) is 12.5 Å². The first kappa shape index (κ1) is 64.9. The third-order valence-electron chi connectivity index (χ3n) is 13.5. The Morgan fingerprint density at radius 1 is 0.493 bits per heavy atom. The number of ether oxygens (including phenoxy) is 2. The van der Waals surface area contributed by atoms with Gasteiger partial charge in [0.05, 0.1) is 25.4 Å². The van der Waals surface area contributed by atoms with Gasteiger partial charge in [-0.05, 0) is 77.0 Å². The molecule has 0 spiro atoms. The van der Waals surface area contributed by atoms with Gasteiger partial charge in [0.1, 0.15) is 24.4 Å². The lowest BCUT2D eigenvalue weighted by atomic mass is 9.99. The van der Waals surface area contributed by atoms with Crippen molar-refractivity contribution in [3.05, 3.63) is 60.8 Å². The minimum atomic E-state index is -1.58. The van der Waals surface area contributed by atoms with E-state index in [9.17, 15) is 30.3 Å². The van der Waals surface area contributed by atoms with Crippen LogP contribution in [0.3, 0.4) is 0 Å². The van der Waals surface area contributed by atoms with Gasteiger partial charge in [0.2, 0.25) is 5.91 Å².